The van der Waals surface area contributed by atoms with E-state index in [1.54, 1.807) is 6.07 Å². The molecule has 1 aromatic carbocycles. The molecule has 0 aliphatic carbocycles. The number of carbonyl (C=O) groups is 1. The summed E-state index contributed by atoms with van der Waals surface area (Å²) < 4.78 is 1.74. The van der Waals surface area contributed by atoms with Crippen LogP contribution in [-0.2, 0) is 0 Å². The monoisotopic (exact) mass is 340 g/mol. The fraction of sp³-hybridized carbons (Fsp3) is 0. The second-order valence-corrected chi connectivity index (χ2v) is 4.20. The molecule has 0 aromatic heterocycles. The number of halogens is 2. The van der Waals surface area contributed by atoms with Gasteiger partial charge >= 0.3 is 0 Å². The highest BCUT2D eigenvalue weighted by atomic mass is 127. The zero-order chi connectivity index (χ0) is 9.14. The number of hydrogen-bond donors (Lipinski definition) is 2. The molecule has 1 rings (SSSR count). The van der Waals surface area contributed by atoms with Crippen LogP contribution in [0.1, 0.15) is 10.4 Å². The normalized spacial score (nSPS) is 9.58. The molecule has 0 saturated carbocycles. The Balaban J connectivity index is 3.13. The molecule has 64 valence electrons. The Kier molecular flexibility index (Phi) is 3.48. The lowest BCUT2D eigenvalue weighted by molar-refractivity contribution is 0.0953. The molecule has 0 fully saturated rings. The minimum Gasteiger partial charge on any atom is -0.290 e. The van der Waals surface area contributed by atoms with E-state index in [9.17, 15) is 4.79 Å². The number of nitrogens with two attached hydrogens (primary N) is 1. The number of amides is 1. The Morgan fingerprint density at radius 1 is 1.58 bits per heavy atom. The van der Waals surface area contributed by atoms with Gasteiger partial charge in [-0.15, -0.1) is 0 Å². The lowest BCUT2D eigenvalue weighted by Crippen LogP contribution is -2.30. The zero-order valence-electron chi connectivity index (χ0n) is 5.97. The van der Waals surface area contributed by atoms with Gasteiger partial charge in [-0.3, -0.25) is 10.2 Å². The maximum Gasteiger partial charge on any atom is 0.266 e. The Hall–Kier alpha value is -0.140. The van der Waals surface area contributed by atoms with Gasteiger partial charge in [0, 0.05) is 8.04 Å². The van der Waals surface area contributed by atoms with Crippen LogP contribution in [0.2, 0.25) is 0 Å². The predicted octanol–water partition coefficient (Wildman–Crippen LogP) is 1.66. The van der Waals surface area contributed by atoms with E-state index in [2.05, 4.69) is 43.9 Å². The van der Waals surface area contributed by atoms with Crippen LogP contribution in [0.5, 0.6) is 0 Å². The number of rotatable bonds is 1. The number of carbonyl (C=O) groups excluding carboxylic acids is 1. The molecule has 0 unspecified atom stereocenters. The van der Waals surface area contributed by atoms with Gasteiger partial charge in [0.2, 0.25) is 0 Å². The van der Waals surface area contributed by atoms with Crippen LogP contribution in [0.15, 0.2) is 22.7 Å². The van der Waals surface area contributed by atoms with Crippen molar-refractivity contribution >= 4 is 44.4 Å². The Morgan fingerprint density at radius 2 is 2.25 bits per heavy atom. The summed E-state index contributed by atoms with van der Waals surface area (Å²) in [5.41, 5.74) is 2.62. The van der Waals surface area contributed by atoms with Crippen LogP contribution >= 0.6 is 38.5 Å². The summed E-state index contributed by atoms with van der Waals surface area (Å²) >= 11 is 5.38. The largest absolute Gasteiger partial charge is 0.290 e. The van der Waals surface area contributed by atoms with E-state index in [0.717, 1.165) is 8.04 Å². The van der Waals surface area contributed by atoms with Gasteiger partial charge in [-0.1, -0.05) is 0 Å². The highest BCUT2D eigenvalue weighted by Crippen LogP contribution is 2.18. The van der Waals surface area contributed by atoms with E-state index in [1.165, 1.54) is 0 Å². The molecule has 0 heterocycles. The van der Waals surface area contributed by atoms with E-state index >= 15 is 0 Å². The third-order valence-corrected chi connectivity index (χ3v) is 2.67. The lowest BCUT2D eigenvalue weighted by Gasteiger charge is -2.02. The van der Waals surface area contributed by atoms with E-state index in [0.29, 0.717) is 5.56 Å². The number of nitrogen functional groups attached to an aromatic ring is 1. The Labute approximate surface area is 91.9 Å². The minimum atomic E-state index is -0.291. The molecule has 5 heteroatoms. The van der Waals surface area contributed by atoms with E-state index in [1.807, 2.05) is 12.1 Å². The third-order valence-electron chi connectivity index (χ3n) is 1.30. The maximum absolute atomic E-state index is 11.1. The summed E-state index contributed by atoms with van der Waals surface area (Å²) in [6.45, 7) is 0. The SMILES string of the molecule is NNC(=O)c1cc(I)ccc1Br. The summed E-state index contributed by atoms with van der Waals surface area (Å²) in [7, 11) is 0. The highest BCUT2D eigenvalue weighted by molar-refractivity contribution is 14.1. The molecule has 0 atom stereocenters. The zero-order valence-corrected chi connectivity index (χ0v) is 9.72. The molecule has 1 amide bonds. The maximum atomic E-state index is 11.1. The van der Waals surface area contributed by atoms with Crippen molar-refractivity contribution in [3.05, 3.63) is 31.8 Å². The average molecular weight is 341 g/mol. The van der Waals surface area contributed by atoms with E-state index < -0.39 is 0 Å². The number of benzene rings is 1. The molecule has 0 bridgehead atoms. The Bertz CT molecular complexity index is 316. The molecule has 0 saturated heterocycles. The number of hydrazine groups is 1. The Morgan fingerprint density at radius 3 is 2.83 bits per heavy atom. The van der Waals surface area contributed by atoms with Crippen molar-refractivity contribution in [1.82, 2.24) is 5.43 Å². The van der Waals surface area contributed by atoms with Crippen molar-refractivity contribution in [3.8, 4) is 0 Å². The van der Waals surface area contributed by atoms with Gasteiger partial charge < -0.3 is 0 Å². The van der Waals surface area contributed by atoms with Gasteiger partial charge in [-0.25, -0.2) is 5.84 Å². The predicted molar refractivity (Wildman–Crippen MR) is 58.5 cm³/mol. The van der Waals surface area contributed by atoms with Crippen molar-refractivity contribution in [2.45, 2.75) is 0 Å². The summed E-state index contributed by atoms with van der Waals surface area (Å²) in [6, 6.07) is 5.47. The van der Waals surface area contributed by atoms with Crippen LogP contribution in [0.3, 0.4) is 0 Å². The van der Waals surface area contributed by atoms with Gasteiger partial charge in [0.1, 0.15) is 0 Å². The first-order valence-electron chi connectivity index (χ1n) is 3.11. The van der Waals surface area contributed by atoms with Crippen molar-refractivity contribution in [3.63, 3.8) is 0 Å². The molecule has 0 radical (unpaired) electrons. The molecule has 0 spiro atoms. The number of hydrogen-bond acceptors (Lipinski definition) is 2. The summed E-state index contributed by atoms with van der Waals surface area (Å²) in [4.78, 5) is 11.1. The topological polar surface area (TPSA) is 55.1 Å². The summed E-state index contributed by atoms with van der Waals surface area (Å²) in [5, 5.41) is 0. The first-order chi connectivity index (χ1) is 5.65. The molecule has 0 aliphatic rings. The smallest absolute Gasteiger partial charge is 0.266 e. The average Bonchev–Trinajstić information content (AvgIpc) is 2.08. The first-order valence-corrected chi connectivity index (χ1v) is 4.98. The van der Waals surface area contributed by atoms with Crippen molar-refractivity contribution in [2.24, 2.45) is 5.84 Å². The van der Waals surface area contributed by atoms with Crippen LogP contribution in [0, 0.1) is 3.57 Å². The van der Waals surface area contributed by atoms with Gasteiger partial charge in [0.05, 0.1) is 5.56 Å². The third kappa shape index (κ3) is 2.18. The van der Waals surface area contributed by atoms with Crippen LogP contribution < -0.4 is 11.3 Å². The van der Waals surface area contributed by atoms with Crippen LogP contribution in [0.4, 0.5) is 0 Å². The number of nitrogens with one attached hydrogen (secondary N) is 1. The van der Waals surface area contributed by atoms with Crippen LogP contribution in [-0.4, -0.2) is 5.91 Å². The fourth-order valence-corrected chi connectivity index (χ4v) is 1.67. The summed E-state index contributed by atoms with van der Waals surface area (Å²) in [6.07, 6.45) is 0. The second kappa shape index (κ2) is 4.20. The van der Waals surface area contributed by atoms with Crippen molar-refractivity contribution < 1.29 is 4.79 Å². The molecular weight excluding hydrogens is 335 g/mol. The van der Waals surface area contributed by atoms with Crippen molar-refractivity contribution in [2.75, 3.05) is 0 Å². The molecule has 1 aromatic rings. The first kappa shape index (κ1) is 9.94. The standard InChI is InChI=1S/C7H6BrIN2O/c8-6-2-1-4(9)3-5(6)7(12)11-10/h1-3H,10H2,(H,11,12). The van der Waals surface area contributed by atoms with Gasteiger partial charge in [0.15, 0.2) is 0 Å². The highest BCUT2D eigenvalue weighted by Gasteiger charge is 2.07. The molecule has 3 nitrogen and oxygen atoms in total. The molecular formula is C7H6BrIN2O. The minimum absolute atomic E-state index is 0.291. The molecule has 0 aliphatic heterocycles. The quantitative estimate of drug-likeness (QED) is 0.353. The lowest BCUT2D eigenvalue weighted by atomic mass is 10.2. The fourth-order valence-electron chi connectivity index (χ4n) is 0.749. The summed E-state index contributed by atoms with van der Waals surface area (Å²) in [5.74, 6) is 4.71. The second-order valence-electron chi connectivity index (χ2n) is 2.10. The van der Waals surface area contributed by atoms with Crippen molar-refractivity contribution in [1.29, 1.82) is 0 Å². The van der Waals surface area contributed by atoms with Gasteiger partial charge in [-0.05, 0) is 56.7 Å². The van der Waals surface area contributed by atoms with Crippen LogP contribution in [0.25, 0.3) is 0 Å². The molecule has 3 N–H and O–H groups in total. The molecule has 12 heavy (non-hydrogen) atoms. The van der Waals surface area contributed by atoms with E-state index in [-0.39, 0.29) is 5.91 Å². The van der Waals surface area contributed by atoms with E-state index in [4.69, 9.17) is 5.84 Å². The van der Waals surface area contributed by atoms with Gasteiger partial charge in [-0.2, -0.15) is 0 Å². The van der Waals surface area contributed by atoms with Gasteiger partial charge in [0.25, 0.3) is 5.91 Å².